The van der Waals surface area contributed by atoms with Crippen LogP contribution >= 0.6 is 23.8 Å². The Labute approximate surface area is 170 Å². The second-order valence-electron chi connectivity index (χ2n) is 6.75. The molecule has 2 heterocycles. The molecule has 1 saturated heterocycles. The summed E-state index contributed by atoms with van der Waals surface area (Å²) in [5, 5.41) is 9.07. The molecule has 3 rings (SSSR count). The van der Waals surface area contributed by atoms with Crippen LogP contribution < -0.4 is 5.32 Å². The van der Waals surface area contributed by atoms with E-state index in [4.69, 9.17) is 23.8 Å². The fraction of sp³-hybridized carbons (Fsp3) is 0.474. The van der Waals surface area contributed by atoms with Gasteiger partial charge in [0, 0.05) is 62.6 Å². The molecular formula is C19H25ClFN5S. The van der Waals surface area contributed by atoms with Gasteiger partial charge in [-0.15, -0.1) is 0 Å². The van der Waals surface area contributed by atoms with E-state index in [0.717, 1.165) is 55.6 Å². The number of nitrogens with one attached hydrogen (secondary N) is 1. The number of nitrogens with zero attached hydrogens (tertiary/aromatic N) is 4. The SMILES string of the molecule is CCn1cc(CNC(=S)N2CCN(Cc3ccc(F)cc3Cl)CC2)c(C)n1. The summed E-state index contributed by atoms with van der Waals surface area (Å²) in [6.45, 7) is 9.88. The monoisotopic (exact) mass is 409 g/mol. The molecular weight excluding hydrogens is 385 g/mol. The van der Waals surface area contributed by atoms with Crippen molar-refractivity contribution in [2.24, 2.45) is 0 Å². The number of halogens is 2. The molecule has 1 aliphatic heterocycles. The number of thiocarbonyl (C=S) groups is 1. The zero-order chi connectivity index (χ0) is 19.4. The van der Waals surface area contributed by atoms with Gasteiger partial charge >= 0.3 is 0 Å². The highest BCUT2D eigenvalue weighted by atomic mass is 35.5. The summed E-state index contributed by atoms with van der Waals surface area (Å²) in [6.07, 6.45) is 2.06. The van der Waals surface area contributed by atoms with Crippen molar-refractivity contribution >= 4 is 28.9 Å². The van der Waals surface area contributed by atoms with E-state index in [0.29, 0.717) is 11.6 Å². The molecule has 0 saturated carbocycles. The lowest BCUT2D eigenvalue weighted by Gasteiger charge is -2.36. The van der Waals surface area contributed by atoms with Gasteiger partial charge in [0.15, 0.2) is 5.11 Å². The molecule has 0 amide bonds. The van der Waals surface area contributed by atoms with Gasteiger partial charge in [0.2, 0.25) is 0 Å². The molecule has 2 aromatic rings. The Kier molecular flexibility index (Phi) is 6.68. The Hall–Kier alpha value is -1.70. The Morgan fingerprint density at radius 3 is 2.63 bits per heavy atom. The van der Waals surface area contributed by atoms with Crippen molar-refractivity contribution < 1.29 is 4.39 Å². The maximum atomic E-state index is 13.2. The number of hydrogen-bond donors (Lipinski definition) is 1. The summed E-state index contributed by atoms with van der Waals surface area (Å²) < 4.78 is 15.1. The molecule has 146 valence electrons. The van der Waals surface area contributed by atoms with E-state index in [1.165, 1.54) is 17.7 Å². The largest absolute Gasteiger partial charge is 0.358 e. The van der Waals surface area contributed by atoms with Gasteiger partial charge in [-0.25, -0.2) is 4.39 Å². The third kappa shape index (κ3) is 5.18. The number of aryl methyl sites for hydroxylation is 2. The molecule has 0 spiro atoms. The Morgan fingerprint density at radius 2 is 2.00 bits per heavy atom. The zero-order valence-electron chi connectivity index (χ0n) is 15.7. The van der Waals surface area contributed by atoms with Crippen LogP contribution in [0.2, 0.25) is 5.02 Å². The number of rotatable bonds is 5. The molecule has 0 bridgehead atoms. The van der Waals surface area contributed by atoms with Gasteiger partial charge in [-0.05, 0) is 43.8 Å². The minimum Gasteiger partial charge on any atom is -0.358 e. The summed E-state index contributed by atoms with van der Waals surface area (Å²) in [5.74, 6) is -0.301. The molecule has 1 aromatic carbocycles. The first-order chi connectivity index (χ1) is 13.0. The molecule has 1 aromatic heterocycles. The van der Waals surface area contributed by atoms with Gasteiger partial charge in [0.05, 0.1) is 5.69 Å². The van der Waals surface area contributed by atoms with Crippen molar-refractivity contribution in [2.75, 3.05) is 26.2 Å². The highest BCUT2D eigenvalue weighted by molar-refractivity contribution is 7.80. The zero-order valence-corrected chi connectivity index (χ0v) is 17.3. The van der Waals surface area contributed by atoms with Crippen molar-refractivity contribution in [3.63, 3.8) is 0 Å². The Balaban J connectivity index is 1.46. The Bertz CT molecular complexity index is 801. The maximum absolute atomic E-state index is 13.2. The molecule has 8 heteroatoms. The van der Waals surface area contributed by atoms with Crippen LogP contribution in [0.5, 0.6) is 0 Å². The summed E-state index contributed by atoms with van der Waals surface area (Å²) in [7, 11) is 0. The standard InChI is InChI=1S/C19H25ClFN5S/c1-3-26-13-16(14(2)23-26)11-22-19(27)25-8-6-24(7-9-25)12-15-4-5-17(21)10-18(15)20/h4-5,10,13H,3,6-9,11-12H2,1-2H3,(H,22,27). The van der Waals surface area contributed by atoms with Gasteiger partial charge in [0.1, 0.15) is 5.82 Å². The number of aromatic nitrogens is 2. The molecule has 0 unspecified atom stereocenters. The summed E-state index contributed by atoms with van der Waals surface area (Å²) in [5.41, 5.74) is 3.16. The predicted octanol–water partition coefficient (Wildman–Crippen LogP) is 3.20. The number of piperazine rings is 1. The van der Waals surface area contributed by atoms with Crippen LogP contribution in [0.4, 0.5) is 4.39 Å². The van der Waals surface area contributed by atoms with E-state index >= 15 is 0 Å². The van der Waals surface area contributed by atoms with E-state index in [-0.39, 0.29) is 5.82 Å². The molecule has 0 radical (unpaired) electrons. The third-order valence-corrected chi connectivity index (χ3v) is 5.63. The lowest BCUT2D eigenvalue weighted by molar-refractivity contribution is 0.174. The Morgan fingerprint density at radius 1 is 1.26 bits per heavy atom. The average molecular weight is 410 g/mol. The summed E-state index contributed by atoms with van der Waals surface area (Å²) in [4.78, 5) is 4.51. The fourth-order valence-electron chi connectivity index (χ4n) is 3.18. The van der Waals surface area contributed by atoms with Crippen LogP contribution in [0, 0.1) is 12.7 Å². The first-order valence-corrected chi connectivity index (χ1v) is 9.97. The van der Waals surface area contributed by atoms with Crippen molar-refractivity contribution in [1.29, 1.82) is 0 Å². The number of hydrogen-bond acceptors (Lipinski definition) is 3. The average Bonchev–Trinajstić information content (AvgIpc) is 3.02. The summed E-state index contributed by atoms with van der Waals surface area (Å²) in [6, 6.07) is 4.59. The fourth-order valence-corrected chi connectivity index (χ4v) is 3.66. The smallest absolute Gasteiger partial charge is 0.169 e. The number of benzene rings is 1. The minimum atomic E-state index is -0.301. The van der Waals surface area contributed by atoms with Crippen LogP contribution in [0.1, 0.15) is 23.7 Å². The first kappa shape index (κ1) is 20.0. The maximum Gasteiger partial charge on any atom is 0.169 e. The molecule has 0 atom stereocenters. The normalized spacial score (nSPS) is 15.2. The molecule has 27 heavy (non-hydrogen) atoms. The van der Waals surface area contributed by atoms with Crippen molar-refractivity contribution in [3.8, 4) is 0 Å². The molecule has 0 aliphatic carbocycles. The van der Waals surface area contributed by atoms with Crippen LogP contribution in [0.15, 0.2) is 24.4 Å². The second kappa shape index (κ2) is 8.99. The van der Waals surface area contributed by atoms with Gasteiger partial charge < -0.3 is 10.2 Å². The minimum absolute atomic E-state index is 0.301. The van der Waals surface area contributed by atoms with Crippen LogP contribution in [-0.2, 0) is 19.6 Å². The van der Waals surface area contributed by atoms with Gasteiger partial charge in [0.25, 0.3) is 0 Å². The molecule has 1 N–H and O–H groups in total. The van der Waals surface area contributed by atoms with Gasteiger partial charge in [-0.2, -0.15) is 5.10 Å². The van der Waals surface area contributed by atoms with Crippen LogP contribution in [0.25, 0.3) is 0 Å². The van der Waals surface area contributed by atoms with E-state index in [9.17, 15) is 4.39 Å². The van der Waals surface area contributed by atoms with Crippen molar-refractivity contribution in [3.05, 3.63) is 52.1 Å². The van der Waals surface area contributed by atoms with Gasteiger partial charge in [-0.1, -0.05) is 17.7 Å². The van der Waals surface area contributed by atoms with E-state index < -0.39 is 0 Å². The highest BCUT2D eigenvalue weighted by Gasteiger charge is 2.20. The topological polar surface area (TPSA) is 36.3 Å². The van der Waals surface area contributed by atoms with E-state index in [1.807, 2.05) is 11.6 Å². The molecule has 5 nitrogen and oxygen atoms in total. The van der Waals surface area contributed by atoms with Crippen LogP contribution in [0.3, 0.4) is 0 Å². The molecule has 1 fully saturated rings. The van der Waals surface area contributed by atoms with E-state index in [2.05, 4.69) is 33.3 Å². The summed E-state index contributed by atoms with van der Waals surface area (Å²) >= 11 is 11.7. The quantitative estimate of drug-likeness (QED) is 0.767. The lowest BCUT2D eigenvalue weighted by atomic mass is 10.2. The van der Waals surface area contributed by atoms with E-state index in [1.54, 1.807) is 6.07 Å². The second-order valence-corrected chi connectivity index (χ2v) is 7.55. The highest BCUT2D eigenvalue weighted by Crippen LogP contribution is 2.19. The predicted molar refractivity (Wildman–Crippen MR) is 110 cm³/mol. The van der Waals surface area contributed by atoms with Gasteiger partial charge in [-0.3, -0.25) is 9.58 Å². The third-order valence-electron chi connectivity index (χ3n) is 4.87. The van der Waals surface area contributed by atoms with Crippen LogP contribution in [-0.4, -0.2) is 50.9 Å². The lowest BCUT2D eigenvalue weighted by Crippen LogP contribution is -2.51. The van der Waals surface area contributed by atoms with Crippen molar-refractivity contribution in [2.45, 2.75) is 33.5 Å². The molecule has 1 aliphatic rings. The first-order valence-electron chi connectivity index (χ1n) is 9.18. The van der Waals surface area contributed by atoms with Crippen molar-refractivity contribution in [1.82, 2.24) is 24.9 Å².